The molecule has 1 atom stereocenters. The normalized spacial score (nSPS) is 13.2. The number of hydrogen-bond acceptors (Lipinski definition) is 3. The van der Waals surface area contributed by atoms with Crippen LogP contribution in [0, 0.1) is 5.92 Å². The van der Waals surface area contributed by atoms with Crippen molar-refractivity contribution in [2.24, 2.45) is 5.92 Å². The lowest BCUT2D eigenvalue weighted by atomic mass is 10.1. The van der Waals surface area contributed by atoms with E-state index in [-0.39, 0.29) is 0 Å². The highest BCUT2D eigenvalue weighted by Crippen LogP contribution is 2.06. The van der Waals surface area contributed by atoms with Crippen molar-refractivity contribution >= 4 is 5.91 Å². The first-order chi connectivity index (χ1) is 5.07. The molecule has 0 aromatic carbocycles. The Morgan fingerprint density at radius 1 is 1.45 bits per heavy atom. The Balaban J connectivity index is 3.52. The molecule has 1 unspecified atom stereocenters. The molecule has 0 aromatic heterocycles. The maximum atomic E-state index is 10.5. The van der Waals surface area contributed by atoms with Crippen molar-refractivity contribution in [2.75, 3.05) is 0 Å². The van der Waals surface area contributed by atoms with Crippen LogP contribution in [0.4, 0.5) is 0 Å². The summed E-state index contributed by atoms with van der Waals surface area (Å²) in [6, 6.07) is 0. The lowest BCUT2D eigenvalue weighted by molar-refractivity contribution is -0.138. The molecule has 0 saturated carbocycles. The number of rotatable bonds is 4. The van der Waals surface area contributed by atoms with Crippen LogP contribution in [0.3, 0.4) is 0 Å². The number of nitrogens with one attached hydrogen (secondary N) is 1. The fourth-order valence-electron chi connectivity index (χ4n) is 0.697. The van der Waals surface area contributed by atoms with Gasteiger partial charge in [0.1, 0.15) is 6.10 Å². The van der Waals surface area contributed by atoms with E-state index in [1.807, 2.05) is 13.8 Å². The van der Waals surface area contributed by atoms with Gasteiger partial charge >= 0.3 is 0 Å². The van der Waals surface area contributed by atoms with Gasteiger partial charge in [-0.3, -0.25) is 10.0 Å². The number of hydrogen-bond donors (Lipinski definition) is 3. The minimum absolute atomic E-state index is 0.393. The van der Waals surface area contributed by atoms with Crippen LogP contribution < -0.4 is 5.48 Å². The van der Waals surface area contributed by atoms with E-state index in [1.165, 1.54) is 5.48 Å². The van der Waals surface area contributed by atoms with Crippen molar-refractivity contribution in [2.45, 2.75) is 32.8 Å². The molecule has 0 aliphatic heterocycles. The second kappa shape index (κ2) is 5.09. The van der Waals surface area contributed by atoms with E-state index in [2.05, 4.69) is 0 Å². The van der Waals surface area contributed by atoms with Crippen LogP contribution in [-0.4, -0.2) is 22.3 Å². The third-order valence-electron chi connectivity index (χ3n) is 1.43. The van der Waals surface area contributed by atoms with Gasteiger partial charge in [0.05, 0.1) is 0 Å². The summed E-state index contributed by atoms with van der Waals surface area (Å²) in [5.41, 5.74) is 1.40. The molecule has 0 rings (SSSR count). The number of aliphatic hydroxyl groups excluding tert-OH is 1. The summed E-state index contributed by atoms with van der Waals surface area (Å²) in [5.74, 6) is -0.276. The first-order valence-corrected chi connectivity index (χ1v) is 3.70. The second-order valence-corrected chi connectivity index (χ2v) is 2.96. The lowest BCUT2D eigenvalue weighted by Gasteiger charge is -2.09. The van der Waals surface area contributed by atoms with Crippen molar-refractivity contribution in [3.63, 3.8) is 0 Å². The van der Waals surface area contributed by atoms with Gasteiger partial charge in [0.15, 0.2) is 0 Å². The summed E-state index contributed by atoms with van der Waals surface area (Å²) in [5, 5.41) is 17.1. The van der Waals surface area contributed by atoms with E-state index >= 15 is 0 Å². The molecular formula is C7H15NO3. The predicted octanol–water partition coefficient (Wildman–Crippen LogP) is 0.289. The summed E-state index contributed by atoms with van der Waals surface area (Å²) in [6.45, 7) is 4.01. The minimum Gasteiger partial charge on any atom is -0.383 e. The van der Waals surface area contributed by atoms with E-state index in [0.717, 1.165) is 6.42 Å². The topological polar surface area (TPSA) is 69.6 Å². The van der Waals surface area contributed by atoms with Gasteiger partial charge in [0.2, 0.25) is 0 Å². The summed E-state index contributed by atoms with van der Waals surface area (Å²) in [7, 11) is 0. The molecule has 0 aromatic rings. The molecule has 0 radical (unpaired) electrons. The maximum Gasteiger partial charge on any atom is 0.272 e. The van der Waals surface area contributed by atoms with Crippen LogP contribution in [0.15, 0.2) is 0 Å². The molecule has 3 N–H and O–H groups in total. The average molecular weight is 161 g/mol. The van der Waals surface area contributed by atoms with Crippen LogP contribution in [0.2, 0.25) is 0 Å². The average Bonchev–Trinajstić information content (AvgIpc) is 1.98. The number of amides is 1. The Labute approximate surface area is 66.2 Å². The number of carbonyl (C=O) groups excluding carboxylic acids is 1. The molecule has 4 heteroatoms. The highest BCUT2D eigenvalue weighted by molar-refractivity contribution is 5.79. The van der Waals surface area contributed by atoms with E-state index < -0.39 is 12.0 Å². The molecule has 4 nitrogen and oxygen atoms in total. The third kappa shape index (κ3) is 4.75. The van der Waals surface area contributed by atoms with Gasteiger partial charge in [-0.05, 0) is 18.8 Å². The van der Waals surface area contributed by atoms with Gasteiger partial charge in [0.25, 0.3) is 5.91 Å². The minimum atomic E-state index is -1.08. The van der Waals surface area contributed by atoms with Crippen LogP contribution in [0.5, 0.6) is 0 Å². The van der Waals surface area contributed by atoms with Crippen molar-refractivity contribution in [1.29, 1.82) is 0 Å². The van der Waals surface area contributed by atoms with Crippen molar-refractivity contribution in [1.82, 2.24) is 5.48 Å². The highest BCUT2D eigenvalue weighted by atomic mass is 16.5. The maximum absolute atomic E-state index is 10.5. The SMILES string of the molecule is CC(C)CCC(O)C(=O)NO. The number of carbonyl (C=O) groups is 1. The van der Waals surface area contributed by atoms with E-state index in [0.29, 0.717) is 12.3 Å². The van der Waals surface area contributed by atoms with Gasteiger partial charge in [-0.2, -0.15) is 0 Å². The molecule has 0 saturated heterocycles. The standard InChI is InChI=1S/C7H15NO3/c1-5(2)3-4-6(9)7(10)8-11/h5-6,9,11H,3-4H2,1-2H3,(H,8,10). The van der Waals surface area contributed by atoms with Crippen molar-refractivity contribution in [3.05, 3.63) is 0 Å². The van der Waals surface area contributed by atoms with Gasteiger partial charge in [-0.15, -0.1) is 0 Å². The molecule has 1 amide bonds. The van der Waals surface area contributed by atoms with Crippen LogP contribution in [0.1, 0.15) is 26.7 Å². The molecule has 0 spiro atoms. The van der Waals surface area contributed by atoms with Gasteiger partial charge in [0, 0.05) is 0 Å². The van der Waals surface area contributed by atoms with E-state index in [1.54, 1.807) is 0 Å². The second-order valence-electron chi connectivity index (χ2n) is 2.96. The number of hydroxylamine groups is 1. The first-order valence-electron chi connectivity index (χ1n) is 3.70. The van der Waals surface area contributed by atoms with Crippen LogP contribution in [0.25, 0.3) is 0 Å². The van der Waals surface area contributed by atoms with Gasteiger partial charge in [-0.25, -0.2) is 5.48 Å². The zero-order chi connectivity index (χ0) is 8.85. The monoisotopic (exact) mass is 161 g/mol. The molecule has 0 aliphatic carbocycles. The predicted molar refractivity (Wildman–Crippen MR) is 40.0 cm³/mol. The zero-order valence-electron chi connectivity index (χ0n) is 6.87. The Morgan fingerprint density at radius 2 is 2.00 bits per heavy atom. The van der Waals surface area contributed by atoms with Crippen molar-refractivity contribution in [3.8, 4) is 0 Å². The fourth-order valence-corrected chi connectivity index (χ4v) is 0.697. The first kappa shape index (κ1) is 10.4. The van der Waals surface area contributed by atoms with E-state index in [9.17, 15) is 4.79 Å². The molecule has 0 bridgehead atoms. The summed E-state index contributed by atoms with van der Waals surface area (Å²) in [4.78, 5) is 10.5. The zero-order valence-corrected chi connectivity index (χ0v) is 6.87. The van der Waals surface area contributed by atoms with Gasteiger partial charge in [-0.1, -0.05) is 13.8 Å². The Morgan fingerprint density at radius 3 is 2.36 bits per heavy atom. The Kier molecular flexibility index (Phi) is 4.81. The van der Waals surface area contributed by atoms with Crippen molar-refractivity contribution < 1.29 is 15.1 Å². The number of aliphatic hydroxyl groups is 1. The Hall–Kier alpha value is -0.610. The molecule has 0 fully saturated rings. The molecule has 0 heterocycles. The van der Waals surface area contributed by atoms with Crippen LogP contribution in [-0.2, 0) is 4.79 Å². The highest BCUT2D eigenvalue weighted by Gasteiger charge is 2.13. The third-order valence-corrected chi connectivity index (χ3v) is 1.43. The fraction of sp³-hybridized carbons (Fsp3) is 0.857. The Bertz CT molecular complexity index is 125. The largest absolute Gasteiger partial charge is 0.383 e. The smallest absolute Gasteiger partial charge is 0.272 e. The molecule has 0 aliphatic rings. The quantitative estimate of drug-likeness (QED) is 0.410. The summed E-state index contributed by atoms with van der Waals surface area (Å²) in [6.07, 6.45) is 0.0842. The molecule has 11 heavy (non-hydrogen) atoms. The summed E-state index contributed by atoms with van der Waals surface area (Å²) >= 11 is 0. The van der Waals surface area contributed by atoms with E-state index in [4.69, 9.17) is 10.3 Å². The van der Waals surface area contributed by atoms with Crippen LogP contribution >= 0.6 is 0 Å². The summed E-state index contributed by atoms with van der Waals surface area (Å²) < 4.78 is 0. The van der Waals surface area contributed by atoms with Gasteiger partial charge < -0.3 is 5.11 Å². The lowest BCUT2D eigenvalue weighted by Crippen LogP contribution is -2.32. The molecular weight excluding hydrogens is 146 g/mol. The molecule has 66 valence electrons.